The lowest BCUT2D eigenvalue weighted by atomic mass is 9.88. The molecular weight excluding hydrogens is 302 g/mol. The molecule has 1 fully saturated rings. The first-order valence-electron chi connectivity index (χ1n) is 9.23. The van der Waals surface area contributed by atoms with Gasteiger partial charge in [0.1, 0.15) is 12.1 Å². The molecule has 4 nitrogen and oxygen atoms in total. The molecule has 4 unspecified atom stereocenters. The Labute approximate surface area is 145 Å². The number of unbranched alkanes of at least 4 members (excludes halogenated alkanes) is 1. The lowest BCUT2D eigenvalue weighted by Crippen LogP contribution is -2.38. The summed E-state index contributed by atoms with van der Waals surface area (Å²) < 4.78 is 11.9. The molecule has 134 valence electrons. The lowest BCUT2D eigenvalue weighted by molar-refractivity contribution is -0.155. The summed E-state index contributed by atoms with van der Waals surface area (Å²) >= 11 is 0. The molecule has 0 saturated carbocycles. The van der Waals surface area contributed by atoms with Gasteiger partial charge in [-0.1, -0.05) is 50.1 Å². The Morgan fingerprint density at radius 1 is 1.25 bits per heavy atom. The zero-order chi connectivity index (χ0) is 17.4. The molecule has 1 aromatic rings. The van der Waals surface area contributed by atoms with Crippen molar-refractivity contribution in [3.8, 4) is 0 Å². The largest absolute Gasteiger partial charge is 0.461 e. The summed E-state index contributed by atoms with van der Waals surface area (Å²) in [5.74, 6) is -0.0457. The number of carbonyl (C=O) groups is 1. The summed E-state index contributed by atoms with van der Waals surface area (Å²) in [6.07, 6.45) is 5.68. The third kappa shape index (κ3) is 5.60. The number of benzene rings is 1. The molecule has 0 spiro atoms. The number of nitrogens with two attached hydrogens (primary N) is 1. The second-order valence-corrected chi connectivity index (χ2v) is 6.82. The Hall–Kier alpha value is -1.39. The summed E-state index contributed by atoms with van der Waals surface area (Å²) in [5.41, 5.74) is 7.09. The molecule has 0 aliphatic carbocycles. The normalized spacial score (nSPS) is 28.5. The number of carbonyl (C=O) groups excluding carboxylic acids is 1. The third-order valence-corrected chi connectivity index (χ3v) is 4.89. The van der Waals surface area contributed by atoms with Crippen LogP contribution >= 0.6 is 0 Å². The Kier molecular flexibility index (Phi) is 7.73. The van der Waals surface area contributed by atoms with Gasteiger partial charge in [-0.15, -0.1) is 0 Å². The smallest absolute Gasteiger partial charge is 0.323 e. The van der Waals surface area contributed by atoms with E-state index in [0.29, 0.717) is 13.0 Å². The van der Waals surface area contributed by atoms with Crippen molar-refractivity contribution in [2.24, 2.45) is 11.7 Å². The molecule has 24 heavy (non-hydrogen) atoms. The monoisotopic (exact) mass is 333 g/mol. The van der Waals surface area contributed by atoms with Crippen LogP contribution in [0.4, 0.5) is 0 Å². The maximum absolute atomic E-state index is 12.0. The van der Waals surface area contributed by atoms with Crippen molar-refractivity contribution >= 4 is 5.97 Å². The highest BCUT2D eigenvalue weighted by molar-refractivity contribution is 5.75. The van der Waals surface area contributed by atoms with Crippen LogP contribution in [0.25, 0.3) is 0 Å². The molecule has 4 heteroatoms. The summed E-state index contributed by atoms with van der Waals surface area (Å²) in [6.45, 7) is 4.76. The highest BCUT2D eigenvalue weighted by Gasteiger charge is 2.32. The Morgan fingerprint density at radius 2 is 2.00 bits per heavy atom. The molecule has 1 heterocycles. The van der Waals surface area contributed by atoms with Gasteiger partial charge in [-0.2, -0.15) is 0 Å². The first kappa shape index (κ1) is 18.9. The number of hydrogen-bond donors (Lipinski definition) is 1. The second-order valence-electron chi connectivity index (χ2n) is 6.82. The Bertz CT molecular complexity index is 491. The van der Waals surface area contributed by atoms with Crippen molar-refractivity contribution in [1.82, 2.24) is 0 Å². The molecule has 0 amide bonds. The zero-order valence-corrected chi connectivity index (χ0v) is 14.9. The third-order valence-electron chi connectivity index (χ3n) is 4.89. The van der Waals surface area contributed by atoms with E-state index in [2.05, 4.69) is 19.1 Å². The molecule has 1 aromatic carbocycles. The molecule has 1 aliphatic rings. The van der Waals surface area contributed by atoms with Crippen molar-refractivity contribution in [1.29, 1.82) is 0 Å². The molecule has 0 aromatic heterocycles. The number of esters is 1. The van der Waals surface area contributed by atoms with E-state index in [0.717, 1.165) is 32.1 Å². The predicted octanol–water partition coefficient (Wildman–Crippen LogP) is 3.82. The number of hydrogen-bond acceptors (Lipinski definition) is 4. The summed E-state index contributed by atoms with van der Waals surface area (Å²) in [5, 5.41) is 0. The fourth-order valence-corrected chi connectivity index (χ4v) is 3.38. The van der Waals surface area contributed by atoms with E-state index in [1.54, 1.807) is 0 Å². The second kappa shape index (κ2) is 9.80. The lowest BCUT2D eigenvalue weighted by Gasteiger charge is -2.31. The SMILES string of the molecule is CCCCC1C(C)OC(=O)C(N)CCCC1OCc1ccccc1. The highest BCUT2D eigenvalue weighted by atomic mass is 16.5. The van der Waals surface area contributed by atoms with Crippen LogP contribution in [0, 0.1) is 5.92 Å². The van der Waals surface area contributed by atoms with E-state index in [9.17, 15) is 4.79 Å². The van der Waals surface area contributed by atoms with E-state index < -0.39 is 6.04 Å². The Balaban J connectivity index is 2.07. The van der Waals surface area contributed by atoms with Gasteiger partial charge in [0.2, 0.25) is 0 Å². The fraction of sp³-hybridized carbons (Fsp3) is 0.650. The average molecular weight is 333 g/mol. The van der Waals surface area contributed by atoms with Gasteiger partial charge in [0.15, 0.2) is 0 Å². The quantitative estimate of drug-likeness (QED) is 0.804. The van der Waals surface area contributed by atoms with Crippen LogP contribution in [0.1, 0.15) is 57.9 Å². The van der Waals surface area contributed by atoms with Gasteiger partial charge < -0.3 is 15.2 Å². The van der Waals surface area contributed by atoms with Crippen molar-refractivity contribution in [2.45, 2.75) is 77.2 Å². The van der Waals surface area contributed by atoms with Crippen molar-refractivity contribution in [3.05, 3.63) is 35.9 Å². The first-order valence-corrected chi connectivity index (χ1v) is 9.23. The topological polar surface area (TPSA) is 61.5 Å². The molecule has 1 aliphatic heterocycles. The Morgan fingerprint density at radius 3 is 2.71 bits per heavy atom. The molecule has 4 atom stereocenters. The van der Waals surface area contributed by atoms with Crippen molar-refractivity contribution < 1.29 is 14.3 Å². The molecule has 0 bridgehead atoms. The molecule has 1 saturated heterocycles. The minimum absolute atomic E-state index is 0.102. The van der Waals surface area contributed by atoms with Crippen LogP contribution < -0.4 is 5.73 Å². The maximum atomic E-state index is 12.0. The van der Waals surface area contributed by atoms with Crippen molar-refractivity contribution in [3.63, 3.8) is 0 Å². The minimum atomic E-state index is -0.507. The van der Waals surface area contributed by atoms with Crippen LogP contribution in [-0.4, -0.2) is 24.2 Å². The fourth-order valence-electron chi connectivity index (χ4n) is 3.38. The molecular formula is C20H31NO3. The zero-order valence-electron chi connectivity index (χ0n) is 14.9. The van der Waals surface area contributed by atoms with E-state index >= 15 is 0 Å². The van der Waals surface area contributed by atoms with Crippen LogP contribution in [0.2, 0.25) is 0 Å². The van der Waals surface area contributed by atoms with Gasteiger partial charge in [-0.3, -0.25) is 4.79 Å². The van der Waals surface area contributed by atoms with Crippen molar-refractivity contribution in [2.75, 3.05) is 0 Å². The molecule has 0 radical (unpaired) electrons. The van der Waals surface area contributed by atoms with E-state index in [1.807, 2.05) is 25.1 Å². The van der Waals surface area contributed by atoms with Gasteiger partial charge in [0.25, 0.3) is 0 Å². The number of ether oxygens (including phenoxy) is 2. The molecule has 2 rings (SSSR count). The minimum Gasteiger partial charge on any atom is -0.461 e. The van der Waals surface area contributed by atoms with Crippen LogP contribution in [0.3, 0.4) is 0 Å². The average Bonchev–Trinajstić information content (AvgIpc) is 2.63. The standard InChI is InChI=1S/C20H31NO3/c1-3-4-11-17-15(2)24-20(22)18(21)12-8-13-19(17)23-14-16-9-6-5-7-10-16/h5-7,9-10,15,17-19H,3-4,8,11-14,21H2,1-2H3. The van der Waals surface area contributed by atoms with E-state index in [4.69, 9.17) is 15.2 Å². The van der Waals surface area contributed by atoms with Crippen LogP contribution in [0.15, 0.2) is 30.3 Å². The summed E-state index contributed by atoms with van der Waals surface area (Å²) in [4.78, 5) is 12.0. The number of cyclic esters (lactones) is 1. The first-order chi connectivity index (χ1) is 11.6. The van der Waals surface area contributed by atoms with Gasteiger partial charge >= 0.3 is 5.97 Å². The van der Waals surface area contributed by atoms with Gasteiger partial charge in [-0.25, -0.2) is 0 Å². The van der Waals surface area contributed by atoms with E-state index in [-0.39, 0.29) is 24.1 Å². The highest BCUT2D eigenvalue weighted by Crippen LogP contribution is 2.28. The van der Waals surface area contributed by atoms with Crippen LogP contribution in [0.5, 0.6) is 0 Å². The van der Waals surface area contributed by atoms with Gasteiger partial charge in [0.05, 0.1) is 12.7 Å². The van der Waals surface area contributed by atoms with Gasteiger partial charge in [0, 0.05) is 5.92 Å². The maximum Gasteiger partial charge on any atom is 0.323 e. The summed E-state index contributed by atoms with van der Waals surface area (Å²) in [6, 6.07) is 9.72. The summed E-state index contributed by atoms with van der Waals surface area (Å²) in [7, 11) is 0. The number of rotatable bonds is 6. The van der Waals surface area contributed by atoms with Crippen LogP contribution in [-0.2, 0) is 20.9 Å². The molecule has 2 N–H and O–H groups in total. The van der Waals surface area contributed by atoms with E-state index in [1.165, 1.54) is 5.56 Å². The van der Waals surface area contributed by atoms with Gasteiger partial charge in [-0.05, 0) is 38.2 Å². The predicted molar refractivity (Wildman–Crippen MR) is 95.4 cm³/mol.